The molecular weight excluding hydrogens is 218 g/mol. The van der Waals surface area contributed by atoms with Gasteiger partial charge in [0.1, 0.15) is 0 Å². The Bertz CT molecular complexity index is 226. The van der Waals surface area contributed by atoms with E-state index >= 15 is 0 Å². The molecule has 1 N–H and O–H groups in total. The van der Waals surface area contributed by atoms with Crippen molar-refractivity contribution in [3.05, 3.63) is 12.2 Å². The zero-order valence-corrected chi connectivity index (χ0v) is 12.8. The Morgan fingerprint density at radius 3 is 2.39 bits per heavy atom. The molecule has 1 atom stereocenters. The molecule has 0 aromatic heterocycles. The first-order valence-electron chi connectivity index (χ1n) is 8.05. The molecule has 0 bridgehead atoms. The predicted octanol–water partition coefficient (Wildman–Crippen LogP) is 4.93. The molecule has 0 amide bonds. The van der Waals surface area contributed by atoms with Gasteiger partial charge in [0, 0.05) is 6.04 Å². The minimum Gasteiger partial charge on any atom is -0.316 e. The van der Waals surface area contributed by atoms with Crippen LogP contribution in [0.5, 0.6) is 0 Å². The van der Waals surface area contributed by atoms with Crippen LogP contribution < -0.4 is 5.32 Å². The highest BCUT2D eigenvalue weighted by Gasteiger charge is 2.26. The molecule has 0 aliphatic heterocycles. The van der Waals surface area contributed by atoms with E-state index in [4.69, 9.17) is 0 Å². The first kappa shape index (κ1) is 15.8. The van der Waals surface area contributed by atoms with Gasteiger partial charge in [0.25, 0.3) is 0 Å². The van der Waals surface area contributed by atoms with Crippen molar-refractivity contribution in [1.82, 2.24) is 5.32 Å². The van der Waals surface area contributed by atoms with Gasteiger partial charge < -0.3 is 5.32 Å². The van der Waals surface area contributed by atoms with Crippen LogP contribution in [-0.2, 0) is 0 Å². The number of hydrogen-bond donors (Lipinski definition) is 1. The van der Waals surface area contributed by atoms with E-state index in [1.807, 2.05) is 0 Å². The highest BCUT2D eigenvalue weighted by atomic mass is 14.9. The molecule has 0 radical (unpaired) electrons. The normalized spacial score (nSPS) is 25.9. The van der Waals surface area contributed by atoms with Crippen molar-refractivity contribution < 1.29 is 0 Å². The summed E-state index contributed by atoms with van der Waals surface area (Å²) in [6.07, 6.45) is 12.3. The second kappa shape index (κ2) is 8.74. The second-order valence-corrected chi connectivity index (χ2v) is 6.13. The van der Waals surface area contributed by atoms with E-state index in [0.717, 1.165) is 18.3 Å². The molecule has 0 heterocycles. The van der Waals surface area contributed by atoms with Crippen LogP contribution in [0.25, 0.3) is 0 Å². The first-order chi connectivity index (χ1) is 8.71. The molecule has 1 aliphatic rings. The lowest BCUT2D eigenvalue weighted by molar-refractivity contribution is 0.215. The van der Waals surface area contributed by atoms with Crippen LogP contribution in [0.2, 0.25) is 0 Å². The van der Waals surface area contributed by atoms with Crippen molar-refractivity contribution in [2.45, 2.75) is 77.7 Å². The quantitative estimate of drug-likeness (QED) is 0.603. The molecule has 1 unspecified atom stereocenters. The second-order valence-electron chi connectivity index (χ2n) is 6.13. The number of hydrogen-bond acceptors (Lipinski definition) is 1. The number of nitrogens with one attached hydrogen (secondary N) is 1. The van der Waals surface area contributed by atoms with Crippen molar-refractivity contribution in [1.29, 1.82) is 0 Å². The van der Waals surface area contributed by atoms with Crippen molar-refractivity contribution in [2.75, 3.05) is 7.05 Å². The maximum absolute atomic E-state index is 4.17. The molecular formula is C17H33N. The molecule has 1 aliphatic carbocycles. The fourth-order valence-electron chi connectivity index (χ4n) is 3.33. The van der Waals surface area contributed by atoms with E-state index in [1.54, 1.807) is 0 Å². The molecule has 0 spiro atoms. The summed E-state index contributed by atoms with van der Waals surface area (Å²) < 4.78 is 0. The van der Waals surface area contributed by atoms with E-state index in [0.29, 0.717) is 6.04 Å². The van der Waals surface area contributed by atoms with E-state index in [9.17, 15) is 0 Å². The summed E-state index contributed by atoms with van der Waals surface area (Å²) in [5.41, 5.74) is 1.41. The molecule has 1 fully saturated rings. The topological polar surface area (TPSA) is 12.0 Å². The van der Waals surface area contributed by atoms with Gasteiger partial charge in [-0.05, 0) is 44.6 Å². The van der Waals surface area contributed by atoms with Crippen molar-refractivity contribution in [2.24, 2.45) is 11.8 Å². The van der Waals surface area contributed by atoms with E-state index in [-0.39, 0.29) is 0 Å². The van der Waals surface area contributed by atoms with Crippen LogP contribution in [-0.4, -0.2) is 13.1 Å². The van der Waals surface area contributed by atoms with Gasteiger partial charge in [0.2, 0.25) is 0 Å². The summed E-state index contributed by atoms with van der Waals surface area (Å²) in [4.78, 5) is 0. The number of unbranched alkanes of at least 4 members (excludes halogenated alkanes) is 1. The fourth-order valence-corrected chi connectivity index (χ4v) is 3.33. The molecule has 0 aromatic rings. The third kappa shape index (κ3) is 5.14. The maximum Gasteiger partial charge on any atom is 0.0129 e. The molecule has 1 heteroatoms. The van der Waals surface area contributed by atoms with Gasteiger partial charge >= 0.3 is 0 Å². The molecule has 1 saturated carbocycles. The average molecular weight is 251 g/mol. The SMILES string of the molecule is C=C(CC)CC(NC)C1CCC(CCCC)CC1. The number of rotatable bonds is 8. The fraction of sp³-hybridized carbons (Fsp3) is 0.882. The minimum absolute atomic E-state index is 0.671. The lowest BCUT2D eigenvalue weighted by atomic mass is 9.75. The van der Waals surface area contributed by atoms with Gasteiger partial charge in [-0.2, -0.15) is 0 Å². The molecule has 1 rings (SSSR count). The zero-order valence-electron chi connectivity index (χ0n) is 12.8. The van der Waals surface area contributed by atoms with Crippen LogP contribution in [0.15, 0.2) is 12.2 Å². The lowest BCUT2D eigenvalue weighted by Gasteiger charge is -2.34. The Balaban J connectivity index is 2.33. The van der Waals surface area contributed by atoms with Gasteiger partial charge in [0.05, 0.1) is 0 Å². The van der Waals surface area contributed by atoms with Crippen LogP contribution in [0, 0.1) is 11.8 Å². The maximum atomic E-state index is 4.17. The Hall–Kier alpha value is -0.300. The first-order valence-corrected chi connectivity index (χ1v) is 8.05. The monoisotopic (exact) mass is 251 g/mol. The Morgan fingerprint density at radius 1 is 1.22 bits per heavy atom. The summed E-state index contributed by atoms with van der Waals surface area (Å²) in [5.74, 6) is 1.91. The smallest absolute Gasteiger partial charge is 0.0129 e. The van der Waals surface area contributed by atoms with Gasteiger partial charge in [-0.1, -0.05) is 58.1 Å². The summed E-state index contributed by atoms with van der Waals surface area (Å²) in [5, 5.41) is 3.53. The zero-order chi connectivity index (χ0) is 13.4. The van der Waals surface area contributed by atoms with Crippen molar-refractivity contribution in [3.8, 4) is 0 Å². The van der Waals surface area contributed by atoms with Crippen LogP contribution in [0.1, 0.15) is 71.6 Å². The van der Waals surface area contributed by atoms with Crippen LogP contribution in [0.3, 0.4) is 0 Å². The summed E-state index contributed by atoms with van der Waals surface area (Å²) in [7, 11) is 2.12. The minimum atomic E-state index is 0.671. The molecule has 106 valence electrons. The third-order valence-electron chi connectivity index (χ3n) is 4.81. The van der Waals surface area contributed by atoms with Gasteiger partial charge in [-0.25, -0.2) is 0 Å². The molecule has 18 heavy (non-hydrogen) atoms. The lowest BCUT2D eigenvalue weighted by Crippen LogP contribution is -2.36. The average Bonchev–Trinajstić information content (AvgIpc) is 2.42. The van der Waals surface area contributed by atoms with E-state index in [1.165, 1.54) is 56.9 Å². The summed E-state index contributed by atoms with van der Waals surface area (Å²) >= 11 is 0. The Labute approximate surface area is 114 Å². The molecule has 0 aromatic carbocycles. The largest absolute Gasteiger partial charge is 0.316 e. The predicted molar refractivity (Wildman–Crippen MR) is 81.9 cm³/mol. The standard InChI is InChI=1S/C17H33N/c1-5-7-8-15-9-11-16(12-10-15)17(18-4)13-14(3)6-2/h15-18H,3,5-13H2,1-2,4H3. The van der Waals surface area contributed by atoms with Gasteiger partial charge in [-0.15, -0.1) is 0 Å². The molecule has 1 nitrogen and oxygen atoms in total. The highest BCUT2D eigenvalue weighted by molar-refractivity contribution is 4.98. The summed E-state index contributed by atoms with van der Waals surface area (Å²) in [6, 6.07) is 0.671. The Morgan fingerprint density at radius 2 is 1.89 bits per heavy atom. The van der Waals surface area contributed by atoms with Crippen LogP contribution >= 0.6 is 0 Å². The Kier molecular flexibility index (Phi) is 7.65. The van der Waals surface area contributed by atoms with Crippen molar-refractivity contribution in [3.63, 3.8) is 0 Å². The van der Waals surface area contributed by atoms with Gasteiger partial charge in [-0.3, -0.25) is 0 Å². The highest BCUT2D eigenvalue weighted by Crippen LogP contribution is 2.34. The van der Waals surface area contributed by atoms with E-state index in [2.05, 4.69) is 32.8 Å². The summed E-state index contributed by atoms with van der Waals surface area (Å²) in [6.45, 7) is 8.69. The third-order valence-corrected chi connectivity index (χ3v) is 4.81. The van der Waals surface area contributed by atoms with Gasteiger partial charge in [0.15, 0.2) is 0 Å². The van der Waals surface area contributed by atoms with Crippen LogP contribution in [0.4, 0.5) is 0 Å². The van der Waals surface area contributed by atoms with Crippen molar-refractivity contribution >= 4 is 0 Å². The van der Waals surface area contributed by atoms with E-state index < -0.39 is 0 Å². The molecule has 0 saturated heterocycles.